The van der Waals surface area contributed by atoms with Crippen molar-refractivity contribution in [1.29, 1.82) is 0 Å². The Morgan fingerprint density at radius 3 is 2.71 bits per heavy atom. The summed E-state index contributed by atoms with van der Waals surface area (Å²) >= 11 is 0. The number of hydrogen-bond donors (Lipinski definition) is 1. The third-order valence-corrected chi connectivity index (χ3v) is 3.25. The first kappa shape index (κ1) is 9.80. The number of aldehydes is 2. The molecule has 14 heavy (non-hydrogen) atoms. The van der Waals surface area contributed by atoms with Crippen LogP contribution in [0.4, 0.5) is 0 Å². The van der Waals surface area contributed by atoms with Gasteiger partial charge in [0, 0.05) is 31.5 Å². The molecule has 2 aliphatic heterocycles. The number of nitrogens with one attached hydrogen (secondary N) is 1. The maximum atomic E-state index is 10.5. The second kappa shape index (κ2) is 4.19. The number of rotatable bonds is 4. The first-order chi connectivity index (χ1) is 6.85. The first-order valence-corrected chi connectivity index (χ1v) is 5.24. The highest BCUT2D eigenvalue weighted by atomic mass is 16.1. The van der Waals surface area contributed by atoms with Crippen molar-refractivity contribution in [2.75, 3.05) is 6.54 Å². The lowest BCUT2D eigenvalue weighted by Crippen LogP contribution is -2.34. The molecule has 0 spiro atoms. The highest BCUT2D eigenvalue weighted by molar-refractivity contribution is 5.51. The molecule has 0 saturated carbocycles. The minimum atomic E-state index is 0.298. The van der Waals surface area contributed by atoms with Gasteiger partial charge in [0.15, 0.2) is 0 Å². The summed E-state index contributed by atoms with van der Waals surface area (Å²) in [6.45, 7) is 0.919. The van der Waals surface area contributed by atoms with E-state index < -0.39 is 0 Å². The second-order valence-corrected chi connectivity index (χ2v) is 4.11. The van der Waals surface area contributed by atoms with Gasteiger partial charge in [0.2, 0.25) is 0 Å². The van der Waals surface area contributed by atoms with Gasteiger partial charge in [-0.05, 0) is 12.8 Å². The Morgan fingerprint density at radius 1 is 1.21 bits per heavy atom. The van der Waals surface area contributed by atoms with E-state index in [9.17, 15) is 9.59 Å². The molecular weight excluding hydrogens is 180 g/mol. The summed E-state index contributed by atoms with van der Waals surface area (Å²) in [6, 6.07) is 0.702. The Balaban J connectivity index is 1.92. The lowest BCUT2D eigenvalue weighted by atomic mass is 10.1. The van der Waals surface area contributed by atoms with Gasteiger partial charge in [-0.15, -0.1) is 0 Å². The molecule has 2 rings (SSSR count). The first-order valence-electron chi connectivity index (χ1n) is 5.24. The smallest absolute Gasteiger partial charge is 0.121 e. The summed E-state index contributed by atoms with van der Waals surface area (Å²) in [4.78, 5) is 23.2. The fourth-order valence-electron chi connectivity index (χ4n) is 2.59. The Morgan fingerprint density at radius 2 is 2.00 bits per heavy atom. The van der Waals surface area contributed by atoms with Crippen LogP contribution >= 0.6 is 0 Å². The zero-order valence-corrected chi connectivity index (χ0v) is 8.19. The van der Waals surface area contributed by atoms with Crippen LogP contribution < -0.4 is 5.32 Å². The van der Waals surface area contributed by atoms with Crippen molar-refractivity contribution in [2.45, 2.75) is 43.9 Å². The summed E-state index contributed by atoms with van der Waals surface area (Å²) in [7, 11) is 0. The molecule has 0 aromatic carbocycles. The summed E-state index contributed by atoms with van der Waals surface area (Å²) in [5.41, 5.74) is 0. The number of carbonyl (C=O) groups excluding carboxylic acids is 2. The lowest BCUT2D eigenvalue weighted by molar-refractivity contribution is -0.109. The molecule has 4 nitrogen and oxygen atoms in total. The van der Waals surface area contributed by atoms with Crippen LogP contribution in [0.15, 0.2) is 0 Å². The summed E-state index contributed by atoms with van der Waals surface area (Å²) in [5.74, 6) is 0. The van der Waals surface area contributed by atoms with E-state index in [-0.39, 0.29) is 0 Å². The number of nitrogens with zero attached hydrogens (tertiary/aromatic N) is 1. The van der Waals surface area contributed by atoms with Crippen molar-refractivity contribution < 1.29 is 9.59 Å². The van der Waals surface area contributed by atoms with E-state index in [0.717, 1.165) is 32.0 Å². The molecule has 2 aliphatic rings. The number of hydrogen-bond acceptors (Lipinski definition) is 4. The zero-order chi connectivity index (χ0) is 9.97. The van der Waals surface area contributed by atoms with Gasteiger partial charge >= 0.3 is 0 Å². The fourth-order valence-corrected chi connectivity index (χ4v) is 2.59. The van der Waals surface area contributed by atoms with Crippen LogP contribution in [0, 0.1) is 0 Å². The second-order valence-electron chi connectivity index (χ2n) is 4.11. The van der Waals surface area contributed by atoms with Gasteiger partial charge in [-0.3, -0.25) is 10.2 Å². The minimum absolute atomic E-state index is 0.298. The van der Waals surface area contributed by atoms with Crippen LogP contribution in [0.5, 0.6) is 0 Å². The van der Waals surface area contributed by atoms with Gasteiger partial charge in [-0.2, -0.15) is 0 Å². The maximum absolute atomic E-state index is 10.5. The number of carbonyl (C=O) groups is 2. The van der Waals surface area contributed by atoms with Crippen molar-refractivity contribution in [3.8, 4) is 0 Å². The van der Waals surface area contributed by atoms with Gasteiger partial charge < -0.3 is 9.59 Å². The topological polar surface area (TPSA) is 49.4 Å². The Bertz CT molecular complexity index is 232. The molecule has 0 aliphatic carbocycles. The van der Waals surface area contributed by atoms with E-state index in [1.54, 1.807) is 0 Å². The van der Waals surface area contributed by atoms with E-state index in [1.807, 2.05) is 0 Å². The SMILES string of the molecule is O=CCC1CN2C(CC=O)CCC2N1. The Kier molecular flexibility index (Phi) is 2.93. The van der Waals surface area contributed by atoms with E-state index in [2.05, 4.69) is 10.2 Å². The molecule has 1 N–H and O–H groups in total. The van der Waals surface area contributed by atoms with Crippen molar-refractivity contribution in [3.63, 3.8) is 0 Å². The lowest BCUT2D eigenvalue weighted by Gasteiger charge is -2.20. The largest absolute Gasteiger partial charge is 0.303 e. The van der Waals surface area contributed by atoms with Crippen LogP contribution in [-0.4, -0.2) is 42.3 Å². The predicted octanol–water partition coefficient (Wildman–Crippen LogP) is -0.0733. The molecule has 78 valence electrons. The fraction of sp³-hybridized carbons (Fsp3) is 0.800. The molecule has 4 heteroatoms. The average Bonchev–Trinajstić information content (AvgIpc) is 2.69. The highest BCUT2D eigenvalue weighted by Gasteiger charge is 2.39. The van der Waals surface area contributed by atoms with Gasteiger partial charge in [0.05, 0.1) is 6.17 Å². The number of fused-ring (bicyclic) bond motifs is 1. The third kappa shape index (κ3) is 1.72. The molecule has 0 bridgehead atoms. The Labute approximate surface area is 83.6 Å². The average molecular weight is 196 g/mol. The van der Waals surface area contributed by atoms with Gasteiger partial charge in [-0.1, -0.05) is 0 Å². The van der Waals surface area contributed by atoms with Crippen molar-refractivity contribution in [1.82, 2.24) is 10.2 Å². The highest BCUT2D eigenvalue weighted by Crippen LogP contribution is 2.28. The minimum Gasteiger partial charge on any atom is -0.303 e. The standard InChI is InChI=1S/C10H16N2O2/c13-5-3-8-7-12-9(4-6-14)1-2-10(12)11-8/h5-6,8-11H,1-4,7H2. The molecule has 2 fully saturated rings. The van der Waals surface area contributed by atoms with Crippen LogP contribution in [0.2, 0.25) is 0 Å². The quantitative estimate of drug-likeness (QED) is 0.639. The van der Waals surface area contributed by atoms with Crippen LogP contribution in [0.1, 0.15) is 25.7 Å². The van der Waals surface area contributed by atoms with Gasteiger partial charge in [0.1, 0.15) is 12.6 Å². The molecule has 0 aromatic rings. The van der Waals surface area contributed by atoms with Gasteiger partial charge in [0.25, 0.3) is 0 Å². The molecule has 2 heterocycles. The molecule has 0 aromatic heterocycles. The summed E-state index contributed by atoms with van der Waals surface area (Å²) in [6.07, 6.45) is 5.80. The van der Waals surface area contributed by atoms with E-state index in [1.165, 1.54) is 0 Å². The molecule has 0 radical (unpaired) electrons. The molecule has 3 atom stereocenters. The van der Waals surface area contributed by atoms with Gasteiger partial charge in [-0.25, -0.2) is 0 Å². The van der Waals surface area contributed by atoms with E-state index in [0.29, 0.717) is 31.1 Å². The molecule has 0 amide bonds. The van der Waals surface area contributed by atoms with E-state index >= 15 is 0 Å². The van der Waals surface area contributed by atoms with Crippen molar-refractivity contribution in [3.05, 3.63) is 0 Å². The Hall–Kier alpha value is -0.740. The van der Waals surface area contributed by atoms with Crippen LogP contribution in [-0.2, 0) is 9.59 Å². The molecule has 2 saturated heterocycles. The zero-order valence-electron chi connectivity index (χ0n) is 8.19. The van der Waals surface area contributed by atoms with Crippen molar-refractivity contribution >= 4 is 12.6 Å². The predicted molar refractivity (Wildman–Crippen MR) is 51.8 cm³/mol. The van der Waals surface area contributed by atoms with Crippen molar-refractivity contribution in [2.24, 2.45) is 0 Å². The normalized spacial score (nSPS) is 37.0. The molecular formula is C10H16N2O2. The summed E-state index contributed by atoms with van der Waals surface area (Å²) in [5, 5.41) is 3.42. The summed E-state index contributed by atoms with van der Waals surface area (Å²) < 4.78 is 0. The van der Waals surface area contributed by atoms with Crippen LogP contribution in [0.25, 0.3) is 0 Å². The monoisotopic (exact) mass is 196 g/mol. The third-order valence-electron chi connectivity index (χ3n) is 3.25. The van der Waals surface area contributed by atoms with E-state index in [4.69, 9.17) is 0 Å². The maximum Gasteiger partial charge on any atom is 0.121 e. The molecule has 3 unspecified atom stereocenters. The van der Waals surface area contributed by atoms with Crippen LogP contribution in [0.3, 0.4) is 0 Å².